The number of benzene rings is 1. The van der Waals surface area contributed by atoms with Gasteiger partial charge in [0.15, 0.2) is 11.5 Å². The molecule has 0 aliphatic carbocycles. The van der Waals surface area contributed by atoms with Crippen molar-refractivity contribution in [1.29, 1.82) is 0 Å². The molecule has 0 aliphatic heterocycles. The highest BCUT2D eigenvalue weighted by molar-refractivity contribution is 5.43. The van der Waals surface area contributed by atoms with Crippen LogP contribution in [0.1, 0.15) is 11.9 Å². The Hall–Kier alpha value is -1.87. The van der Waals surface area contributed by atoms with Crippen LogP contribution in [-0.4, -0.2) is 18.3 Å². The van der Waals surface area contributed by atoms with E-state index >= 15 is 0 Å². The summed E-state index contributed by atoms with van der Waals surface area (Å²) in [6.45, 7) is 0. The van der Waals surface area contributed by atoms with Gasteiger partial charge in [-0.25, -0.2) is 9.18 Å². The second-order valence-electron chi connectivity index (χ2n) is 2.49. The second-order valence-corrected chi connectivity index (χ2v) is 2.49. The number of rotatable bonds is 3. The number of nitrogens with zero attached hydrogens (tertiary/aromatic N) is 1. The van der Waals surface area contributed by atoms with Crippen molar-refractivity contribution < 1.29 is 19.0 Å². The summed E-state index contributed by atoms with van der Waals surface area (Å²) >= 11 is 0. The standard InChI is InChI=1S/C9H8FNO3/c1-14-8-3-2-6(4-7(8)13)9(10)11-5-12/h2-4,9,13H,1H3. The number of hydrogen-bond acceptors (Lipinski definition) is 4. The van der Waals surface area contributed by atoms with Crippen LogP contribution in [0.2, 0.25) is 0 Å². The van der Waals surface area contributed by atoms with Crippen LogP contribution in [0.4, 0.5) is 4.39 Å². The van der Waals surface area contributed by atoms with E-state index in [9.17, 15) is 14.3 Å². The lowest BCUT2D eigenvalue weighted by Gasteiger charge is -2.05. The minimum absolute atomic E-state index is 0.0756. The maximum Gasteiger partial charge on any atom is 0.238 e. The molecule has 1 atom stereocenters. The highest BCUT2D eigenvalue weighted by Crippen LogP contribution is 2.30. The Morgan fingerprint density at radius 1 is 1.64 bits per heavy atom. The van der Waals surface area contributed by atoms with Crippen molar-refractivity contribution in [1.82, 2.24) is 0 Å². The van der Waals surface area contributed by atoms with Crippen LogP contribution in [0.25, 0.3) is 0 Å². The van der Waals surface area contributed by atoms with E-state index < -0.39 is 6.30 Å². The SMILES string of the molecule is COc1ccc(C(F)N=C=O)cc1O. The van der Waals surface area contributed by atoms with E-state index in [1.54, 1.807) is 0 Å². The van der Waals surface area contributed by atoms with Crippen LogP contribution < -0.4 is 4.74 Å². The maximum atomic E-state index is 13.0. The van der Waals surface area contributed by atoms with Gasteiger partial charge in [0.05, 0.1) is 7.11 Å². The van der Waals surface area contributed by atoms with Gasteiger partial charge < -0.3 is 9.84 Å². The van der Waals surface area contributed by atoms with Crippen molar-refractivity contribution in [2.45, 2.75) is 6.30 Å². The Labute approximate surface area is 79.7 Å². The molecular weight excluding hydrogens is 189 g/mol. The van der Waals surface area contributed by atoms with E-state index in [-0.39, 0.29) is 17.1 Å². The van der Waals surface area contributed by atoms with E-state index in [1.165, 1.54) is 19.2 Å². The molecule has 14 heavy (non-hydrogen) atoms. The average Bonchev–Trinajstić information content (AvgIpc) is 2.18. The zero-order chi connectivity index (χ0) is 10.6. The number of phenols is 1. The molecule has 0 aliphatic rings. The molecule has 5 heteroatoms. The Morgan fingerprint density at radius 2 is 2.36 bits per heavy atom. The number of aliphatic imine (C=N–C) groups is 1. The highest BCUT2D eigenvalue weighted by atomic mass is 19.1. The summed E-state index contributed by atoms with van der Waals surface area (Å²) < 4.78 is 17.7. The number of phenolic OH excluding ortho intramolecular Hbond substituents is 1. The molecule has 0 saturated heterocycles. The summed E-state index contributed by atoms with van der Waals surface area (Å²) in [5, 5.41) is 9.28. The van der Waals surface area contributed by atoms with Gasteiger partial charge in [0.2, 0.25) is 12.4 Å². The van der Waals surface area contributed by atoms with Gasteiger partial charge in [-0.05, 0) is 12.1 Å². The fraction of sp³-hybridized carbons (Fsp3) is 0.222. The van der Waals surface area contributed by atoms with E-state index in [2.05, 4.69) is 4.99 Å². The third-order valence-electron chi connectivity index (χ3n) is 1.64. The van der Waals surface area contributed by atoms with E-state index in [4.69, 9.17) is 4.74 Å². The summed E-state index contributed by atoms with van der Waals surface area (Å²) in [5.74, 6) is 0.0322. The molecule has 1 N–H and O–H groups in total. The summed E-state index contributed by atoms with van der Waals surface area (Å²) in [5.41, 5.74) is 0.0756. The summed E-state index contributed by atoms with van der Waals surface area (Å²) in [4.78, 5) is 12.6. The number of aromatic hydroxyl groups is 1. The third-order valence-corrected chi connectivity index (χ3v) is 1.64. The highest BCUT2D eigenvalue weighted by Gasteiger charge is 2.10. The molecule has 1 aromatic rings. The zero-order valence-corrected chi connectivity index (χ0v) is 7.40. The van der Waals surface area contributed by atoms with Crippen molar-refractivity contribution in [3.05, 3.63) is 23.8 Å². The summed E-state index contributed by atoms with van der Waals surface area (Å²) in [7, 11) is 1.38. The first-order valence-corrected chi connectivity index (χ1v) is 3.77. The largest absolute Gasteiger partial charge is 0.504 e. The van der Waals surface area contributed by atoms with Crippen LogP contribution in [0.15, 0.2) is 23.2 Å². The van der Waals surface area contributed by atoms with Crippen molar-refractivity contribution in [2.75, 3.05) is 7.11 Å². The summed E-state index contributed by atoms with van der Waals surface area (Å²) in [6, 6.07) is 3.89. The number of hydrogen-bond donors (Lipinski definition) is 1. The molecule has 0 heterocycles. The van der Waals surface area contributed by atoms with Gasteiger partial charge >= 0.3 is 0 Å². The minimum atomic E-state index is -1.80. The fourth-order valence-electron chi connectivity index (χ4n) is 0.976. The molecule has 1 aromatic carbocycles. The Morgan fingerprint density at radius 3 is 2.86 bits per heavy atom. The Bertz CT molecular complexity index is 374. The molecule has 1 rings (SSSR count). The fourth-order valence-corrected chi connectivity index (χ4v) is 0.976. The third kappa shape index (κ3) is 2.08. The number of ether oxygens (including phenoxy) is 1. The molecule has 1 unspecified atom stereocenters. The number of isocyanates is 1. The predicted molar refractivity (Wildman–Crippen MR) is 46.6 cm³/mol. The lowest BCUT2D eigenvalue weighted by Crippen LogP contribution is -1.89. The van der Waals surface area contributed by atoms with E-state index in [0.717, 1.165) is 12.1 Å². The minimum Gasteiger partial charge on any atom is -0.504 e. The van der Waals surface area contributed by atoms with Crippen molar-refractivity contribution in [3.8, 4) is 11.5 Å². The molecule has 0 amide bonds. The topological polar surface area (TPSA) is 58.9 Å². The monoisotopic (exact) mass is 197 g/mol. The lowest BCUT2D eigenvalue weighted by molar-refractivity contribution is 0.348. The molecule has 0 saturated carbocycles. The van der Waals surface area contributed by atoms with Crippen molar-refractivity contribution in [3.63, 3.8) is 0 Å². The molecule has 0 aromatic heterocycles. The second kappa shape index (κ2) is 4.39. The molecule has 0 spiro atoms. The van der Waals surface area contributed by atoms with E-state index in [0.29, 0.717) is 0 Å². The summed E-state index contributed by atoms with van der Waals surface area (Å²) in [6.07, 6.45) is -0.700. The van der Waals surface area contributed by atoms with Crippen molar-refractivity contribution >= 4 is 6.08 Å². The molecule has 4 nitrogen and oxygen atoms in total. The van der Waals surface area contributed by atoms with Crippen LogP contribution in [0.3, 0.4) is 0 Å². The van der Waals surface area contributed by atoms with E-state index in [1.807, 2.05) is 0 Å². The molecule has 0 bridgehead atoms. The van der Waals surface area contributed by atoms with Gasteiger partial charge in [0, 0.05) is 5.56 Å². The average molecular weight is 197 g/mol. The van der Waals surface area contributed by atoms with Gasteiger partial charge in [-0.15, -0.1) is 0 Å². The zero-order valence-electron chi connectivity index (χ0n) is 7.40. The predicted octanol–water partition coefficient (Wildman–Crippen LogP) is 1.70. The van der Waals surface area contributed by atoms with Crippen LogP contribution >= 0.6 is 0 Å². The van der Waals surface area contributed by atoms with Gasteiger partial charge in [0.1, 0.15) is 0 Å². The van der Waals surface area contributed by atoms with Crippen molar-refractivity contribution in [2.24, 2.45) is 4.99 Å². The van der Waals surface area contributed by atoms with Gasteiger partial charge in [-0.2, -0.15) is 4.99 Å². The maximum absolute atomic E-state index is 13.0. The quantitative estimate of drug-likeness (QED) is 0.455. The number of carbonyl (C=O) groups excluding carboxylic acids is 1. The number of methoxy groups -OCH3 is 1. The number of alkyl halides is 1. The normalized spacial score (nSPS) is 11.6. The first kappa shape index (κ1) is 10.2. The smallest absolute Gasteiger partial charge is 0.238 e. The molecular formula is C9H8FNO3. The van der Waals surface area contributed by atoms with Gasteiger partial charge in [-0.1, -0.05) is 6.07 Å². The van der Waals surface area contributed by atoms with Crippen LogP contribution in [0, 0.1) is 0 Å². The molecule has 74 valence electrons. The molecule has 0 radical (unpaired) electrons. The van der Waals surface area contributed by atoms with Crippen LogP contribution in [-0.2, 0) is 4.79 Å². The van der Waals surface area contributed by atoms with Gasteiger partial charge in [0.25, 0.3) is 0 Å². The molecule has 0 fully saturated rings. The van der Waals surface area contributed by atoms with Gasteiger partial charge in [-0.3, -0.25) is 0 Å². The Balaban J connectivity index is 3.01. The van der Waals surface area contributed by atoms with Crippen LogP contribution in [0.5, 0.6) is 11.5 Å². The first-order chi connectivity index (χ1) is 6.69. The first-order valence-electron chi connectivity index (χ1n) is 3.77. The lowest BCUT2D eigenvalue weighted by atomic mass is 10.2. The number of halogens is 1. The Kier molecular flexibility index (Phi) is 3.20.